The van der Waals surface area contributed by atoms with Crippen molar-refractivity contribution in [3.63, 3.8) is 0 Å². The maximum absolute atomic E-state index is 12.2. The van der Waals surface area contributed by atoms with Gasteiger partial charge in [0.15, 0.2) is 5.78 Å². The van der Waals surface area contributed by atoms with E-state index in [0.717, 1.165) is 28.1 Å². The number of hydrogen-bond acceptors (Lipinski definition) is 3. The number of ether oxygens (including phenoxy) is 1. The summed E-state index contributed by atoms with van der Waals surface area (Å²) >= 11 is 0. The molecule has 0 saturated heterocycles. The van der Waals surface area contributed by atoms with Crippen LogP contribution in [0.1, 0.15) is 21.5 Å². The zero-order valence-corrected chi connectivity index (χ0v) is 12.1. The van der Waals surface area contributed by atoms with Crippen molar-refractivity contribution < 1.29 is 9.53 Å². The molecule has 0 radical (unpaired) electrons. The number of aryl methyl sites for hydroxylation is 2. The van der Waals surface area contributed by atoms with Gasteiger partial charge in [-0.2, -0.15) is 0 Å². The van der Waals surface area contributed by atoms with Gasteiger partial charge in [-0.1, -0.05) is 35.9 Å². The Morgan fingerprint density at radius 3 is 2.60 bits per heavy atom. The predicted octanol–water partition coefficient (Wildman–Crippen LogP) is 3.61. The summed E-state index contributed by atoms with van der Waals surface area (Å²) in [7, 11) is 1.62. The number of benzene rings is 2. The maximum Gasteiger partial charge on any atom is 0.182 e. The molecule has 0 aliphatic heterocycles. The first-order valence-corrected chi connectivity index (χ1v) is 6.59. The summed E-state index contributed by atoms with van der Waals surface area (Å²) < 4.78 is 5.25. The van der Waals surface area contributed by atoms with E-state index >= 15 is 0 Å². The highest BCUT2D eigenvalue weighted by atomic mass is 16.5. The summed E-state index contributed by atoms with van der Waals surface area (Å²) in [6.07, 6.45) is 0. The molecule has 1 N–H and O–H groups in total. The summed E-state index contributed by atoms with van der Waals surface area (Å²) in [6, 6.07) is 13.4. The van der Waals surface area contributed by atoms with Crippen LogP contribution >= 0.6 is 0 Å². The second-order valence-electron chi connectivity index (χ2n) is 4.80. The van der Waals surface area contributed by atoms with Crippen LogP contribution in [0.5, 0.6) is 5.75 Å². The molecular weight excluding hydrogens is 250 g/mol. The van der Waals surface area contributed by atoms with Crippen molar-refractivity contribution in [1.29, 1.82) is 0 Å². The zero-order chi connectivity index (χ0) is 14.5. The van der Waals surface area contributed by atoms with Gasteiger partial charge < -0.3 is 10.1 Å². The molecule has 0 fully saturated rings. The minimum absolute atomic E-state index is 0.0772. The number of para-hydroxylation sites is 2. The minimum Gasteiger partial charge on any atom is -0.495 e. The van der Waals surface area contributed by atoms with Gasteiger partial charge in [0.05, 0.1) is 19.3 Å². The van der Waals surface area contributed by atoms with Crippen LogP contribution in [0.4, 0.5) is 5.69 Å². The second kappa shape index (κ2) is 6.24. The predicted molar refractivity (Wildman–Crippen MR) is 81.7 cm³/mol. The van der Waals surface area contributed by atoms with Crippen molar-refractivity contribution in [1.82, 2.24) is 0 Å². The number of ketones is 1. The monoisotopic (exact) mass is 269 g/mol. The molecule has 0 amide bonds. The van der Waals surface area contributed by atoms with Crippen molar-refractivity contribution in [2.75, 3.05) is 19.0 Å². The van der Waals surface area contributed by atoms with E-state index in [2.05, 4.69) is 5.32 Å². The van der Waals surface area contributed by atoms with Crippen molar-refractivity contribution in [2.24, 2.45) is 0 Å². The summed E-state index contributed by atoms with van der Waals surface area (Å²) in [6.45, 7) is 4.24. The zero-order valence-electron chi connectivity index (χ0n) is 12.1. The van der Waals surface area contributed by atoms with Crippen molar-refractivity contribution >= 4 is 11.5 Å². The highest BCUT2D eigenvalue weighted by molar-refractivity contribution is 6.00. The van der Waals surface area contributed by atoms with Crippen molar-refractivity contribution in [2.45, 2.75) is 13.8 Å². The maximum atomic E-state index is 12.2. The lowest BCUT2D eigenvalue weighted by Gasteiger charge is -2.11. The van der Waals surface area contributed by atoms with Gasteiger partial charge in [0.25, 0.3) is 0 Å². The highest BCUT2D eigenvalue weighted by Gasteiger charge is 2.10. The van der Waals surface area contributed by atoms with Crippen LogP contribution in [0.3, 0.4) is 0 Å². The van der Waals surface area contributed by atoms with E-state index in [-0.39, 0.29) is 12.3 Å². The summed E-state index contributed by atoms with van der Waals surface area (Å²) in [5, 5.41) is 3.13. The first-order valence-electron chi connectivity index (χ1n) is 6.59. The number of nitrogens with one attached hydrogen (secondary N) is 1. The van der Waals surface area contributed by atoms with E-state index in [1.807, 2.05) is 56.3 Å². The first kappa shape index (κ1) is 14.1. The Morgan fingerprint density at radius 2 is 1.90 bits per heavy atom. The number of methoxy groups -OCH3 is 1. The van der Waals surface area contributed by atoms with Gasteiger partial charge in [-0.15, -0.1) is 0 Å². The molecule has 0 heterocycles. The molecule has 2 aromatic rings. The fourth-order valence-electron chi connectivity index (χ4n) is 2.19. The smallest absolute Gasteiger partial charge is 0.182 e. The molecular formula is C17H19NO2. The van der Waals surface area contributed by atoms with E-state index < -0.39 is 0 Å². The highest BCUT2D eigenvalue weighted by Crippen LogP contribution is 2.23. The Hall–Kier alpha value is -2.29. The summed E-state index contributed by atoms with van der Waals surface area (Å²) in [5.74, 6) is 0.814. The Bertz CT molecular complexity index is 620. The van der Waals surface area contributed by atoms with Gasteiger partial charge in [0, 0.05) is 5.56 Å². The van der Waals surface area contributed by atoms with Crippen molar-refractivity contribution in [3.8, 4) is 5.75 Å². The SMILES string of the molecule is COc1ccccc1NCC(=O)c1ccc(C)cc1C. The average Bonchev–Trinajstić information content (AvgIpc) is 2.45. The van der Waals surface area contributed by atoms with Crippen LogP contribution in [0.2, 0.25) is 0 Å². The lowest BCUT2D eigenvalue weighted by Crippen LogP contribution is -2.15. The summed E-state index contributed by atoms with van der Waals surface area (Å²) in [5.41, 5.74) is 3.76. The van der Waals surface area contributed by atoms with E-state index in [0.29, 0.717) is 0 Å². The molecule has 0 aromatic heterocycles. The first-order chi connectivity index (χ1) is 9.61. The molecule has 2 rings (SSSR count). The molecule has 0 bridgehead atoms. The Labute approximate surface area is 119 Å². The number of carbonyl (C=O) groups excluding carboxylic acids is 1. The topological polar surface area (TPSA) is 38.3 Å². The largest absolute Gasteiger partial charge is 0.495 e. The van der Waals surface area contributed by atoms with Crippen LogP contribution in [0.15, 0.2) is 42.5 Å². The van der Waals surface area contributed by atoms with Gasteiger partial charge in [-0.05, 0) is 31.5 Å². The van der Waals surface area contributed by atoms with Gasteiger partial charge in [0.2, 0.25) is 0 Å². The number of carbonyl (C=O) groups is 1. The molecule has 0 aliphatic carbocycles. The van der Waals surface area contributed by atoms with Gasteiger partial charge in [-0.3, -0.25) is 4.79 Å². The average molecular weight is 269 g/mol. The number of Topliss-reactive ketones (excluding diaryl/α,β-unsaturated/α-hetero) is 1. The van der Waals surface area contributed by atoms with Gasteiger partial charge >= 0.3 is 0 Å². The van der Waals surface area contributed by atoms with Crippen LogP contribution in [-0.4, -0.2) is 19.4 Å². The standard InChI is InChI=1S/C17H19NO2/c1-12-8-9-14(13(2)10-12)16(19)11-18-15-6-4-5-7-17(15)20-3/h4-10,18H,11H2,1-3H3. The number of hydrogen-bond donors (Lipinski definition) is 1. The molecule has 2 aromatic carbocycles. The molecule has 0 saturated carbocycles. The molecule has 0 spiro atoms. The quantitative estimate of drug-likeness (QED) is 0.843. The van der Waals surface area contributed by atoms with Crippen LogP contribution in [0.25, 0.3) is 0 Å². The normalized spacial score (nSPS) is 10.2. The van der Waals surface area contributed by atoms with Gasteiger partial charge in [0.1, 0.15) is 5.75 Å². The van der Waals surface area contributed by atoms with Crippen molar-refractivity contribution in [3.05, 3.63) is 59.2 Å². The molecule has 104 valence electrons. The molecule has 20 heavy (non-hydrogen) atoms. The second-order valence-corrected chi connectivity index (χ2v) is 4.80. The molecule has 3 nitrogen and oxygen atoms in total. The fraction of sp³-hybridized carbons (Fsp3) is 0.235. The van der Waals surface area contributed by atoms with Crippen LogP contribution < -0.4 is 10.1 Å². The Morgan fingerprint density at radius 1 is 1.15 bits per heavy atom. The number of rotatable bonds is 5. The van der Waals surface area contributed by atoms with Gasteiger partial charge in [-0.25, -0.2) is 0 Å². The minimum atomic E-state index is 0.0772. The lowest BCUT2D eigenvalue weighted by atomic mass is 10.0. The third-order valence-corrected chi connectivity index (χ3v) is 3.23. The molecule has 0 unspecified atom stereocenters. The van der Waals surface area contributed by atoms with E-state index in [1.165, 1.54) is 0 Å². The Kier molecular flexibility index (Phi) is 4.41. The lowest BCUT2D eigenvalue weighted by molar-refractivity contribution is 0.101. The Balaban J connectivity index is 2.09. The van der Waals surface area contributed by atoms with E-state index in [9.17, 15) is 4.79 Å². The van der Waals surface area contributed by atoms with E-state index in [4.69, 9.17) is 4.74 Å². The molecule has 3 heteroatoms. The summed E-state index contributed by atoms with van der Waals surface area (Å²) in [4.78, 5) is 12.2. The molecule has 0 aliphatic rings. The van der Waals surface area contributed by atoms with Crippen LogP contribution in [-0.2, 0) is 0 Å². The molecule has 0 atom stereocenters. The van der Waals surface area contributed by atoms with E-state index in [1.54, 1.807) is 7.11 Å². The third-order valence-electron chi connectivity index (χ3n) is 3.23. The van der Waals surface area contributed by atoms with Crippen LogP contribution in [0, 0.1) is 13.8 Å². The number of anilines is 1. The third kappa shape index (κ3) is 3.18. The fourth-order valence-corrected chi connectivity index (χ4v) is 2.19.